The Balaban J connectivity index is 0. The molecule has 1 atom stereocenters. The zero-order chi connectivity index (χ0) is 14.4. The second-order valence-electron chi connectivity index (χ2n) is 4.35. The second kappa shape index (κ2) is 14.0. The number of aliphatic carboxylic acids is 1. The van der Waals surface area contributed by atoms with Gasteiger partial charge in [0.05, 0.1) is 12.5 Å². The van der Waals surface area contributed by atoms with Gasteiger partial charge in [0.1, 0.15) is 0 Å². The van der Waals surface area contributed by atoms with Gasteiger partial charge in [0.25, 0.3) is 0 Å². The van der Waals surface area contributed by atoms with Crippen molar-refractivity contribution in [2.75, 3.05) is 6.61 Å². The monoisotopic (exact) mass is 260 g/mol. The van der Waals surface area contributed by atoms with Crippen molar-refractivity contribution in [2.45, 2.75) is 66.2 Å². The zero-order valence-electron chi connectivity index (χ0n) is 12.2. The molecule has 0 aromatic carbocycles. The Bertz CT molecular complexity index is 214. The van der Waals surface area contributed by atoms with E-state index in [4.69, 9.17) is 9.84 Å². The number of hydrogen-bond acceptors (Lipinski definition) is 3. The molecule has 0 heterocycles. The van der Waals surface area contributed by atoms with Gasteiger partial charge in [-0.15, -0.1) is 0 Å². The Hall–Kier alpha value is -1.06. The van der Waals surface area contributed by atoms with Crippen molar-refractivity contribution in [3.63, 3.8) is 0 Å². The summed E-state index contributed by atoms with van der Waals surface area (Å²) >= 11 is 0. The number of carbonyl (C=O) groups excluding carboxylic acids is 1. The van der Waals surface area contributed by atoms with Crippen molar-refractivity contribution < 1.29 is 19.4 Å². The highest BCUT2D eigenvalue weighted by molar-refractivity contribution is 5.69. The molecule has 18 heavy (non-hydrogen) atoms. The average Bonchev–Trinajstić information content (AvgIpc) is 2.34. The second-order valence-corrected chi connectivity index (χ2v) is 4.35. The molecule has 108 valence electrons. The van der Waals surface area contributed by atoms with Crippen LogP contribution >= 0.6 is 0 Å². The molecule has 0 aromatic heterocycles. The first-order valence-corrected chi connectivity index (χ1v) is 6.87. The summed E-state index contributed by atoms with van der Waals surface area (Å²) in [6.07, 6.45) is 5.26. The normalized spacial score (nSPS) is 11.1. The lowest BCUT2D eigenvalue weighted by molar-refractivity contribution is -0.144. The predicted octanol–water partition coefficient (Wildman–Crippen LogP) is 3.64. The lowest BCUT2D eigenvalue weighted by Crippen LogP contribution is -2.08. The summed E-state index contributed by atoms with van der Waals surface area (Å²) in [5.74, 6) is -0.909. The fourth-order valence-electron chi connectivity index (χ4n) is 1.13. The molecule has 4 nitrogen and oxygen atoms in total. The van der Waals surface area contributed by atoms with Crippen LogP contribution in [0.1, 0.15) is 66.2 Å². The third-order valence-corrected chi connectivity index (χ3v) is 2.33. The summed E-state index contributed by atoms with van der Waals surface area (Å²) in [4.78, 5) is 20.8. The first-order valence-electron chi connectivity index (χ1n) is 6.87. The Labute approximate surface area is 111 Å². The molecule has 0 saturated carbocycles. The first-order chi connectivity index (χ1) is 8.49. The topological polar surface area (TPSA) is 63.6 Å². The van der Waals surface area contributed by atoms with Crippen LogP contribution in [0, 0.1) is 5.92 Å². The van der Waals surface area contributed by atoms with Gasteiger partial charge in [0.15, 0.2) is 0 Å². The van der Waals surface area contributed by atoms with Crippen LogP contribution in [0.2, 0.25) is 0 Å². The number of esters is 1. The Morgan fingerprint density at radius 3 is 2.11 bits per heavy atom. The van der Waals surface area contributed by atoms with E-state index in [0.717, 1.165) is 32.1 Å². The molecular formula is C14H28O4. The van der Waals surface area contributed by atoms with Crippen LogP contribution in [-0.2, 0) is 14.3 Å². The minimum atomic E-state index is -0.677. The van der Waals surface area contributed by atoms with E-state index in [0.29, 0.717) is 13.0 Å². The van der Waals surface area contributed by atoms with E-state index in [1.165, 1.54) is 0 Å². The molecule has 0 bridgehead atoms. The third-order valence-electron chi connectivity index (χ3n) is 2.33. The van der Waals surface area contributed by atoms with E-state index in [9.17, 15) is 9.59 Å². The van der Waals surface area contributed by atoms with E-state index in [1.54, 1.807) is 6.92 Å². The summed E-state index contributed by atoms with van der Waals surface area (Å²) in [7, 11) is 0. The molecule has 0 aliphatic heterocycles. The van der Waals surface area contributed by atoms with Crippen LogP contribution < -0.4 is 0 Å². The summed E-state index contributed by atoms with van der Waals surface area (Å²) in [5.41, 5.74) is 0. The average molecular weight is 260 g/mol. The van der Waals surface area contributed by atoms with Crippen molar-refractivity contribution in [1.82, 2.24) is 0 Å². The van der Waals surface area contributed by atoms with Gasteiger partial charge in [-0.25, -0.2) is 0 Å². The third kappa shape index (κ3) is 14.9. The van der Waals surface area contributed by atoms with Crippen molar-refractivity contribution >= 4 is 11.9 Å². The number of carbonyl (C=O) groups is 2. The fourth-order valence-corrected chi connectivity index (χ4v) is 1.13. The maximum absolute atomic E-state index is 10.6. The van der Waals surface area contributed by atoms with Crippen molar-refractivity contribution in [1.29, 1.82) is 0 Å². The van der Waals surface area contributed by atoms with E-state index in [2.05, 4.69) is 6.92 Å². The van der Waals surface area contributed by atoms with Gasteiger partial charge in [0, 0.05) is 6.42 Å². The van der Waals surface area contributed by atoms with Crippen molar-refractivity contribution in [3.05, 3.63) is 0 Å². The Morgan fingerprint density at radius 2 is 1.72 bits per heavy atom. The molecule has 0 amide bonds. The van der Waals surface area contributed by atoms with Gasteiger partial charge in [-0.2, -0.15) is 0 Å². The molecule has 0 aromatic rings. The number of carboxylic acids is 1. The molecule has 0 aliphatic rings. The summed E-state index contributed by atoms with van der Waals surface area (Å²) in [6, 6.07) is 0. The lowest BCUT2D eigenvalue weighted by atomic mass is 10.1. The number of rotatable bonds is 8. The number of carboxylic acid groups (broad SMARTS) is 1. The standard InChI is InChI=1S/2C7H14O2/c1-3-4-5-6(2)7(8)9;1-3-5-7(8)9-6-4-2/h6H,3-5H2,1-2H3,(H,8,9);3-6H2,1-2H3. The van der Waals surface area contributed by atoms with E-state index >= 15 is 0 Å². The molecule has 0 spiro atoms. The molecule has 0 rings (SSSR count). The maximum Gasteiger partial charge on any atom is 0.306 e. The quantitative estimate of drug-likeness (QED) is 0.677. The number of unbranched alkanes of at least 4 members (excludes halogenated alkanes) is 1. The van der Waals surface area contributed by atoms with Crippen molar-refractivity contribution in [3.8, 4) is 0 Å². The van der Waals surface area contributed by atoms with Gasteiger partial charge in [-0.05, 0) is 19.3 Å². The molecule has 1 N–H and O–H groups in total. The van der Waals surface area contributed by atoms with E-state index < -0.39 is 5.97 Å². The van der Waals surface area contributed by atoms with Crippen LogP contribution in [-0.4, -0.2) is 23.7 Å². The van der Waals surface area contributed by atoms with Crippen molar-refractivity contribution in [2.24, 2.45) is 5.92 Å². The first kappa shape index (κ1) is 19.3. The molecule has 0 radical (unpaired) electrons. The summed E-state index contributed by atoms with van der Waals surface area (Å²) in [5, 5.41) is 8.41. The van der Waals surface area contributed by atoms with Crippen LogP contribution in [0.25, 0.3) is 0 Å². The maximum atomic E-state index is 10.6. The predicted molar refractivity (Wildman–Crippen MR) is 72.5 cm³/mol. The SMILES string of the molecule is CCCCC(C)C(=O)O.CCCOC(=O)CCC. The Kier molecular flexibility index (Phi) is 15.0. The van der Waals surface area contributed by atoms with Gasteiger partial charge >= 0.3 is 11.9 Å². The summed E-state index contributed by atoms with van der Waals surface area (Å²) < 4.78 is 4.79. The number of hydrogen-bond donors (Lipinski definition) is 1. The largest absolute Gasteiger partial charge is 0.481 e. The lowest BCUT2D eigenvalue weighted by Gasteiger charge is -2.02. The van der Waals surface area contributed by atoms with E-state index in [-0.39, 0.29) is 11.9 Å². The fraction of sp³-hybridized carbons (Fsp3) is 0.857. The van der Waals surface area contributed by atoms with Crippen LogP contribution in [0.4, 0.5) is 0 Å². The highest BCUT2D eigenvalue weighted by atomic mass is 16.5. The highest BCUT2D eigenvalue weighted by Crippen LogP contribution is 2.06. The van der Waals surface area contributed by atoms with Crippen LogP contribution in [0.5, 0.6) is 0 Å². The molecule has 0 aliphatic carbocycles. The summed E-state index contributed by atoms with van der Waals surface area (Å²) in [6.45, 7) is 8.33. The van der Waals surface area contributed by atoms with Gasteiger partial charge < -0.3 is 9.84 Å². The van der Waals surface area contributed by atoms with Gasteiger partial charge in [-0.3, -0.25) is 9.59 Å². The number of ether oxygens (including phenoxy) is 1. The highest BCUT2D eigenvalue weighted by Gasteiger charge is 2.08. The zero-order valence-corrected chi connectivity index (χ0v) is 12.2. The minimum Gasteiger partial charge on any atom is -0.481 e. The van der Waals surface area contributed by atoms with Crippen LogP contribution in [0.15, 0.2) is 0 Å². The Morgan fingerprint density at radius 1 is 1.11 bits per heavy atom. The van der Waals surface area contributed by atoms with E-state index in [1.807, 2.05) is 13.8 Å². The molecular weight excluding hydrogens is 232 g/mol. The molecule has 0 saturated heterocycles. The minimum absolute atomic E-state index is 0.0700. The van der Waals surface area contributed by atoms with Crippen LogP contribution in [0.3, 0.4) is 0 Å². The van der Waals surface area contributed by atoms with Gasteiger partial charge in [-0.1, -0.05) is 40.5 Å². The van der Waals surface area contributed by atoms with Gasteiger partial charge in [0.2, 0.25) is 0 Å². The molecule has 4 heteroatoms. The molecule has 0 fully saturated rings. The smallest absolute Gasteiger partial charge is 0.306 e. The molecule has 1 unspecified atom stereocenters.